The van der Waals surface area contributed by atoms with Gasteiger partial charge in [0.15, 0.2) is 18.1 Å². The van der Waals surface area contributed by atoms with Crippen LogP contribution in [0.2, 0.25) is 0 Å². The molecule has 0 fully saturated rings. The number of carbonyl (C=O) groups is 2. The molecule has 0 aliphatic rings. The summed E-state index contributed by atoms with van der Waals surface area (Å²) in [7, 11) is -2.33. The number of anilines is 1. The van der Waals surface area contributed by atoms with E-state index in [1.807, 2.05) is 0 Å². The SMILES string of the molecule is CCOc1cc(C(=O)OCC(=O)Nc2ccc(S(N)(=O)=O)cc2)ccc1OC. The molecule has 0 atom stereocenters. The van der Waals surface area contributed by atoms with Crippen molar-refractivity contribution in [3.63, 3.8) is 0 Å². The topological polar surface area (TPSA) is 134 Å². The molecule has 0 saturated heterocycles. The predicted molar refractivity (Wildman–Crippen MR) is 101 cm³/mol. The van der Waals surface area contributed by atoms with Gasteiger partial charge in [0.25, 0.3) is 5.91 Å². The number of nitrogens with two attached hydrogens (primary N) is 1. The number of esters is 1. The fourth-order valence-electron chi connectivity index (χ4n) is 2.21. The molecule has 0 heterocycles. The van der Waals surface area contributed by atoms with Gasteiger partial charge >= 0.3 is 5.97 Å². The van der Waals surface area contributed by atoms with Gasteiger partial charge in [-0.1, -0.05) is 0 Å². The minimum atomic E-state index is -3.81. The Balaban J connectivity index is 1.95. The van der Waals surface area contributed by atoms with Crippen molar-refractivity contribution in [2.24, 2.45) is 5.14 Å². The maximum absolute atomic E-state index is 12.1. The third-order valence-corrected chi connectivity index (χ3v) is 4.43. The highest BCUT2D eigenvalue weighted by Gasteiger charge is 2.14. The maximum Gasteiger partial charge on any atom is 0.338 e. The Hall–Kier alpha value is -3.11. The first-order chi connectivity index (χ1) is 13.2. The fourth-order valence-corrected chi connectivity index (χ4v) is 2.73. The molecule has 28 heavy (non-hydrogen) atoms. The third-order valence-electron chi connectivity index (χ3n) is 3.50. The Kier molecular flexibility index (Phi) is 6.96. The normalized spacial score (nSPS) is 10.8. The first-order valence-electron chi connectivity index (χ1n) is 8.15. The van der Waals surface area contributed by atoms with Gasteiger partial charge in [-0.15, -0.1) is 0 Å². The summed E-state index contributed by atoms with van der Waals surface area (Å²) in [6, 6.07) is 9.78. The highest BCUT2D eigenvalue weighted by molar-refractivity contribution is 7.89. The van der Waals surface area contributed by atoms with E-state index in [9.17, 15) is 18.0 Å². The summed E-state index contributed by atoms with van der Waals surface area (Å²) in [5, 5.41) is 7.48. The molecule has 1 amide bonds. The van der Waals surface area contributed by atoms with Crippen LogP contribution in [0.1, 0.15) is 17.3 Å². The lowest BCUT2D eigenvalue weighted by atomic mass is 10.2. The third kappa shape index (κ3) is 5.69. The zero-order chi connectivity index (χ0) is 20.7. The van der Waals surface area contributed by atoms with Crippen LogP contribution in [-0.2, 0) is 19.6 Å². The average Bonchev–Trinajstić information content (AvgIpc) is 2.66. The summed E-state index contributed by atoms with van der Waals surface area (Å²) in [6.45, 7) is 1.66. The van der Waals surface area contributed by atoms with Crippen LogP contribution in [-0.4, -0.2) is 40.6 Å². The summed E-state index contributed by atoms with van der Waals surface area (Å²) < 4.78 is 37.9. The first-order valence-corrected chi connectivity index (χ1v) is 9.70. The molecule has 2 rings (SSSR count). The summed E-state index contributed by atoms with van der Waals surface area (Å²) in [5.41, 5.74) is 0.533. The van der Waals surface area contributed by atoms with Gasteiger partial charge in [-0.2, -0.15) is 0 Å². The zero-order valence-electron chi connectivity index (χ0n) is 15.3. The van der Waals surface area contributed by atoms with Crippen molar-refractivity contribution < 1.29 is 32.2 Å². The van der Waals surface area contributed by atoms with Gasteiger partial charge in [0, 0.05) is 5.69 Å². The Morgan fingerprint density at radius 1 is 1.07 bits per heavy atom. The van der Waals surface area contributed by atoms with E-state index >= 15 is 0 Å². The molecule has 2 aromatic carbocycles. The van der Waals surface area contributed by atoms with Crippen molar-refractivity contribution in [3.8, 4) is 11.5 Å². The number of hydrogen-bond donors (Lipinski definition) is 2. The van der Waals surface area contributed by atoms with Gasteiger partial charge < -0.3 is 19.5 Å². The molecular formula is C18H20N2O7S. The standard InChI is InChI=1S/C18H20N2O7S/c1-3-26-16-10-12(4-9-15(16)25-2)18(22)27-11-17(21)20-13-5-7-14(8-6-13)28(19,23)24/h4-10H,3,11H2,1-2H3,(H,20,21)(H2,19,23,24). The van der Waals surface area contributed by atoms with Crippen LogP contribution in [0.3, 0.4) is 0 Å². The van der Waals surface area contributed by atoms with Gasteiger partial charge in [0.05, 0.1) is 24.2 Å². The van der Waals surface area contributed by atoms with Crippen LogP contribution in [0.4, 0.5) is 5.69 Å². The quantitative estimate of drug-likeness (QED) is 0.633. The largest absolute Gasteiger partial charge is 0.493 e. The number of benzene rings is 2. The van der Waals surface area contributed by atoms with E-state index in [-0.39, 0.29) is 10.5 Å². The number of primary sulfonamides is 1. The van der Waals surface area contributed by atoms with Crippen molar-refractivity contribution in [2.45, 2.75) is 11.8 Å². The summed E-state index contributed by atoms with van der Waals surface area (Å²) in [6.07, 6.45) is 0. The second kappa shape index (κ2) is 9.20. The number of methoxy groups -OCH3 is 1. The molecule has 10 heteroatoms. The predicted octanol–water partition coefficient (Wildman–Crippen LogP) is 1.54. The molecule has 0 saturated carbocycles. The molecule has 0 unspecified atom stereocenters. The molecule has 0 radical (unpaired) electrons. The monoisotopic (exact) mass is 408 g/mol. The molecule has 9 nitrogen and oxygen atoms in total. The summed E-state index contributed by atoms with van der Waals surface area (Å²) in [4.78, 5) is 24.0. The van der Waals surface area contributed by atoms with E-state index in [2.05, 4.69) is 5.32 Å². The smallest absolute Gasteiger partial charge is 0.338 e. The average molecular weight is 408 g/mol. The van der Waals surface area contributed by atoms with Crippen LogP contribution in [0.25, 0.3) is 0 Å². The molecule has 0 aliphatic heterocycles. The molecule has 3 N–H and O–H groups in total. The van der Waals surface area contributed by atoms with Crippen LogP contribution >= 0.6 is 0 Å². The molecule has 0 aliphatic carbocycles. The number of amides is 1. The van der Waals surface area contributed by atoms with Gasteiger partial charge in [0.1, 0.15) is 0 Å². The zero-order valence-corrected chi connectivity index (χ0v) is 16.1. The number of sulfonamides is 1. The molecule has 0 bridgehead atoms. The number of rotatable bonds is 8. The van der Waals surface area contributed by atoms with E-state index in [0.29, 0.717) is 23.8 Å². The van der Waals surface area contributed by atoms with Crippen LogP contribution in [0.15, 0.2) is 47.4 Å². The van der Waals surface area contributed by atoms with Crippen LogP contribution < -0.4 is 19.9 Å². The highest BCUT2D eigenvalue weighted by atomic mass is 32.2. The van der Waals surface area contributed by atoms with Crippen molar-refractivity contribution in [1.29, 1.82) is 0 Å². The Morgan fingerprint density at radius 3 is 2.32 bits per heavy atom. The van der Waals surface area contributed by atoms with E-state index < -0.39 is 28.5 Å². The van der Waals surface area contributed by atoms with Gasteiger partial charge in [-0.3, -0.25) is 4.79 Å². The molecule has 0 aromatic heterocycles. The second-order valence-electron chi connectivity index (χ2n) is 5.49. The van der Waals surface area contributed by atoms with Gasteiger partial charge in [0.2, 0.25) is 10.0 Å². The van der Waals surface area contributed by atoms with Gasteiger partial charge in [-0.05, 0) is 49.4 Å². The number of ether oxygens (including phenoxy) is 3. The maximum atomic E-state index is 12.1. The molecule has 2 aromatic rings. The van der Waals surface area contributed by atoms with E-state index in [1.54, 1.807) is 13.0 Å². The minimum Gasteiger partial charge on any atom is -0.493 e. The van der Waals surface area contributed by atoms with E-state index in [4.69, 9.17) is 19.3 Å². The van der Waals surface area contributed by atoms with Crippen molar-refractivity contribution >= 4 is 27.6 Å². The van der Waals surface area contributed by atoms with Crippen molar-refractivity contribution in [2.75, 3.05) is 25.6 Å². The lowest BCUT2D eigenvalue weighted by Gasteiger charge is -2.11. The van der Waals surface area contributed by atoms with Crippen LogP contribution in [0, 0.1) is 0 Å². The number of nitrogens with one attached hydrogen (secondary N) is 1. The fraction of sp³-hybridized carbons (Fsp3) is 0.222. The number of hydrogen-bond acceptors (Lipinski definition) is 7. The first kappa shape index (κ1) is 21.2. The minimum absolute atomic E-state index is 0.0819. The van der Waals surface area contributed by atoms with Crippen LogP contribution in [0.5, 0.6) is 11.5 Å². The molecule has 0 spiro atoms. The van der Waals surface area contributed by atoms with Crippen molar-refractivity contribution in [3.05, 3.63) is 48.0 Å². The Morgan fingerprint density at radius 2 is 1.75 bits per heavy atom. The second-order valence-corrected chi connectivity index (χ2v) is 7.05. The molecular weight excluding hydrogens is 388 g/mol. The molecule has 150 valence electrons. The number of carbonyl (C=O) groups excluding carboxylic acids is 2. The van der Waals surface area contributed by atoms with E-state index in [1.165, 1.54) is 43.5 Å². The lowest BCUT2D eigenvalue weighted by Crippen LogP contribution is -2.21. The highest BCUT2D eigenvalue weighted by Crippen LogP contribution is 2.28. The Bertz CT molecular complexity index is 956. The van der Waals surface area contributed by atoms with Gasteiger partial charge in [-0.25, -0.2) is 18.4 Å². The van der Waals surface area contributed by atoms with E-state index in [0.717, 1.165) is 0 Å². The van der Waals surface area contributed by atoms with Crippen molar-refractivity contribution in [1.82, 2.24) is 0 Å². The summed E-state index contributed by atoms with van der Waals surface area (Å²) >= 11 is 0. The Labute approximate surface area is 162 Å². The summed E-state index contributed by atoms with van der Waals surface area (Å²) in [5.74, 6) is -0.434. The lowest BCUT2D eigenvalue weighted by molar-refractivity contribution is -0.119.